The van der Waals surface area contributed by atoms with Gasteiger partial charge in [-0.3, -0.25) is 4.98 Å². The van der Waals surface area contributed by atoms with Crippen LogP contribution in [0.5, 0.6) is 5.88 Å². The molecule has 0 amide bonds. The zero-order valence-electron chi connectivity index (χ0n) is 10.6. The number of hydrogen-bond acceptors (Lipinski definition) is 4. The largest absolute Gasteiger partial charge is 0.476 e. The van der Waals surface area contributed by atoms with Crippen LogP contribution in [0, 0.1) is 0 Å². The van der Waals surface area contributed by atoms with Gasteiger partial charge in [-0.15, -0.1) is 0 Å². The number of nitrogens with one attached hydrogen (secondary N) is 1. The quantitative estimate of drug-likeness (QED) is 0.876. The summed E-state index contributed by atoms with van der Waals surface area (Å²) in [5.74, 6) is 0.635. The van der Waals surface area contributed by atoms with Crippen molar-refractivity contribution < 1.29 is 4.74 Å². The van der Waals surface area contributed by atoms with Gasteiger partial charge in [0.25, 0.3) is 0 Å². The molecule has 2 aromatic rings. The van der Waals surface area contributed by atoms with Crippen LogP contribution >= 0.6 is 0 Å². The second-order valence-electron chi connectivity index (χ2n) is 3.94. The minimum absolute atomic E-state index is 0.155. The third kappa shape index (κ3) is 2.97. The molecule has 0 aromatic carbocycles. The number of anilines is 1. The highest BCUT2D eigenvalue weighted by atomic mass is 16.5. The third-order valence-electron chi connectivity index (χ3n) is 2.61. The van der Waals surface area contributed by atoms with Crippen LogP contribution < -0.4 is 10.1 Å². The number of hydrogen-bond donors (Lipinski definition) is 1. The number of aromatic nitrogens is 2. The molecular formula is C14H17N3O. The maximum absolute atomic E-state index is 5.48. The van der Waals surface area contributed by atoms with Crippen LogP contribution in [0.15, 0.2) is 42.9 Å². The Morgan fingerprint density at radius 1 is 1.28 bits per heavy atom. The highest BCUT2D eigenvalue weighted by Crippen LogP contribution is 2.25. The molecule has 0 aliphatic heterocycles. The van der Waals surface area contributed by atoms with Gasteiger partial charge >= 0.3 is 0 Å². The minimum Gasteiger partial charge on any atom is -0.476 e. The lowest BCUT2D eigenvalue weighted by molar-refractivity contribution is 0.328. The third-order valence-corrected chi connectivity index (χ3v) is 2.61. The summed E-state index contributed by atoms with van der Waals surface area (Å²) in [6.07, 6.45) is 5.35. The molecule has 2 rings (SSSR count). The lowest BCUT2D eigenvalue weighted by atomic mass is 10.1. The molecule has 0 spiro atoms. The Morgan fingerprint density at radius 2 is 2.11 bits per heavy atom. The zero-order chi connectivity index (χ0) is 12.8. The van der Waals surface area contributed by atoms with Gasteiger partial charge in [0.05, 0.1) is 18.3 Å². The van der Waals surface area contributed by atoms with Gasteiger partial charge in [-0.05, 0) is 37.6 Å². The summed E-state index contributed by atoms with van der Waals surface area (Å²) in [6.45, 7) is 4.63. The summed E-state index contributed by atoms with van der Waals surface area (Å²) in [5, 5.41) is 3.38. The average Bonchev–Trinajstić information content (AvgIpc) is 2.42. The number of nitrogens with zero attached hydrogens (tertiary/aromatic N) is 2. The maximum Gasteiger partial charge on any atom is 0.237 e. The fourth-order valence-corrected chi connectivity index (χ4v) is 1.70. The first-order chi connectivity index (χ1) is 8.81. The van der Waals surface area contributed by atoms with E-state index in [0.29, 0.717) is 12.5 Å². The van der Waals surface area contributed by atoms with E-state index in [2.05, 4.69) is 22.2 Å². The van der Waals surface area contributed by atoms with Gasteiger partial charge in [-0.2, -0.15) is 0 Å². The van der Waals surface area contributed by atoms with Crippen LogP contribution in [0.1, 0.15) is 25.5 Å². The molecule has 1 unspecified atom stereocenters. The van der Waals surface area contributed by atoms with E-state index in [1.165, 1.54) is 0 Å². The summed E-state index contributed by atoms with van der Waals surface area (Å²) in [6, 6.07) is 7.98. The van der Waals surface area contributed by atoms with Gasteiger partial charge in [0.1, 0.15) is 0 Å². The standard InChI is InChI=1S/C14H17N3O/c1-3-18-14-13(7-5-9-16-14)17-11(2)12-6-4-8-15-10-12/h4-11,17H,3H2,1-2H3. The Balaban J connectivity index is 2.14. The predicted octanol–water partition coefficient (Wildman–Crippen LogP) is 3.05. The van der Waals surface area contributed by atoms with Crippen molar-refractivity contribution in [2.75, 3.05) is 11.9 Å². The van der Waals surface area contributed by atoms with Crippen LogP contribution in [0.25, 0.3) is 0 Å². The summed E-state index contributed by atoms with van der Waals surface area (Å²) in [7, 11) is 0. The molecule has 0 radical (unpaired) electrons. The monoisotopic (exact) mass is 243 g/mol. The summed E-state index contributed by atoms with van der Waals surface area (Å²) in [4.78, 5) is 8.33. The molecule has 0 fully saturated rings. The first-order valence-corrected chi connectivity index (χ1v) is 6.05. The molecule has 2 heterocycles. The molecule has 4 nitrogen and oxygen atoms in total. The first-order valence-electron chi connectivity index (χ1n) is 6.05. The van der Waals surface area contributed by atoms with Crippen LogP contribution in [-0.4, -0.2) is 16.6 Å². The van der Waals surface area contributed by atoms with E-state index < -0.39 is 0 Å². The Kier molecular flexibility index (Phi) is 4.12. The van der Waals surface area contributed by atoms with Crippen molar-refractivity contribution in [1.82, 2.24) is 9.97 Å². The van der Waals surface area contributed by atoms with Gasteiger partial charge in [-0.25, -0.2) is 4.98 Å². The highest BCUT2D eigenvalue weighted by molar-refractivity contribution is 5.53. The maximum atomic E-state index is 5.48. The molecule has 18 heavy (non-hydrogen) atoms. The van der Waals surface area contributed by atoms with Gasteiger partial charge in [0.2, 0.25) is 5.88 Å². The molecule has 0 bridgehead atoms. The smallest absolute Gasteiger partial charge is 0.237 e. The average molecular weight is 243 g/mol. The second kappa shape index (κ2) is 6.00. The fourth-order valence-electron chi connectivity index (χ4n) is 1.70. The summed E-state index contributed by atoms with van der Waals surface area (Å²) in [5.41, 5.74) is 2.03. The fraction of sp³-hybridized carbons (Fsp3) is 0.286. The van der Waals surface area contributed by atoms with Crippen molar-refractivity contribution >= 4 is 5.69 Å². The number of ether oxygens (including phenoxy) is 1. The number of rotatable bonds is 5. The van der Waals surface area contributed by atoms with Crippen molar-refractivity contribution in [3.8, 4) is 5.88 Å². The lowest BCUT2D eigenvalue weighted by Gasteiger charge is -2.17. The van der Waals surface area contributed by atoms with E-state index >= 15 is 0 Å². The van der Waals surface area contributed by atoms with Crippen LogP contribution in [0.2, 0.25) is 0 Å². The summed E-state index contributed by atoms with van der Waals surface area (Å²) >= 11 is 0. The van der Waals surface area contributed by atoms with Crippen molar-refractivity contribution in [2.24, 2.45) is 0 Å². The molecule has 2 aromatic heterocycles. The van der Waals surface area contributed by atoms with E-state index in [1.807, 2.05) is 37.4 Å². The van der Waals surface area contributed by atoms with Gasteiger partial charge in [0, 0.05) is 18.6 Å². The van der Waals surface area contributed by atoms with E-state index in [1.54, 1.807) is 12.4 Å². The Labute approximate surface area is 107 Å². The Hall–Kier alpha value is -2.10. The van der Waals surface area contributed by atoms with Crippen LogP contribution in [0.3, 0.4) is 0 Å². The van der Waals surface area contributed by atoms with Crippen molar-refractivity contribution in [3.63, 3.8) is 0 Å². The molecule has 1 atom stereocenters. The van der Waals surface area contributed by atoms with Crippen molar-refractivity contribution in [2.45, 2.75) is 19.9 Å². The Morgan fingerprint density at radius 3 is 2.83 bits per heavy atom. The topological polar surface area (TPSA) is 47.0 Å². The van der Waals surface area contributed by atoms with E-state index in [-0.39, 0.29) is 6.04 Å². The predicted molar refractivity (Wildman–Crippen MR) is 71.7 cm³/mol. The SMILES string of the molecule is CCOc1ncccc1NC(C)c1cccnc1. The second-order valence-corrected chi connectivity index (χ2v) is 3.94. The van der Waals surface area contributed by atoms with Crippen LogP contribution in [-0.2, 0) is 0 Å². The molecule has 0 aliphatic carbocycles. The Bertz CT molecular complexity index is 487. The molecule has 1 N–H and O–H groups in total. The van der Waals surface area contributed by atoms with Gasteiger partial charge in [0.15, 0.2) is 0 Å². The summed E-state index contributed by atoms with van der Waals surface area (Å²) < 4.78 is 5.48. The van der Waals surface area contributed by atoms with E-state index in [4.69, 9.17) is 4.74 Å². The molecule has 0 aliphatic rings. The van der Waals surface area contributed by atoms with Crippen LogP contribution in [0.4, 0.5) is 5.69 Å². The highest BCUT2D eigenvalue weighted by Gasteiger charge is 2.09. The molecule has 94 valence electrons. The molecule has 0 saturated carbocycles. The minimum atomic E-state index is 0.155. The zero-order valence-corrected chi connectivity index (χ0v) is 10.6. The van der Waals surface area contributed by atoms with Crippen molar-refractivity contribution in [1.29, 1.82) is 0 Å². The lowest BCUT2D eigenvalue weighted by Crippen LogP contribution is -2.09. The molecule has 4 heteroatoms. The van der Waals surface area contributed by atoms with Gasteiger partial charge in [-0.1, -0.05) is 6.07 Å². The van der Waals surface area contributed by atoms with E-state index in [9.17, 15) is 0 Å². The van der Waals surface area contributed by atoms with Gasteiger partial charge < -0.3 is 10.1 Å². The molecular weight excluding hydrogens is 226 g/mol. The first kappa shape index (κ1) is 12.4. The molecule has 0 saturated heterocycles. The number of pyridine rings is 2. The van der Waals surface area contributed by atoms with E-state index in [0.717, 1.165) is 11.3 Å². The van der Waals surface area contributed by atoms with Crippen molar-refractivity contribution in [3.05, 3.63) is 48.4 Å². The normalized spacial score (nSPS) is 11.9.